The van der Waals surface area contributed by atoms with Crippen LogP contribution in [0.4, 0.5) is 0 Å². The van der Waals surface area contributed by atoms with Gasteiger partial charge in [-0.25, -0.2) is 9.97 Å². The molecular formula is C16H10N2S3. The smallest absolute Gasteiger partial charge is 0.116 e. The molecular weight excluding hydrogens is 316 g/mol. The number of aromatic nitrogens is 2. The molecule has 21 heavy (non-hydrogen) atoms. The van der Waals surface area contributed by atoms with Crippen molar-refractivity contribution in [3.63, 3.8) is 0 Å². The standard InChI is InChI=1S/C16H10N2S3/c1-2-13(20-6-1)14-3-4-15(21-14)16-12(8-17-10-18-16)11-5-7-19-9-11/h1-10H. The minimum absolute atomic E-state index is 1.01. The van der Waals surface area contributed by atoms with Crippen molar-refractivity contribution >= 4 is 34.0 Å². The fourth-order valence-corrected chi connectivity index (χ4v) is 4.68. The van der Waals surface area contributed by atoms with E-state index in [0.717, 1.165) is 11.3 Å². The Hall–Kier alpha value is -1.82. The van der Waals surface area contributed by atoms with Crippen LogP contribution in [0.3, 0.4) is 0 Å². The van der Waals surface area contributed by atoms with Gasteiger partial charge in [-0.05, 0) is 46.0 Å². The zero-order chi connectivity index (χ0) is 14.1. The van der Waals surface area contributed by atoms with Crippen LogP contribution in [0.5, 0.6) is 0 Å². The van der Waals surface area contributed by atoms with E-state index < -0.39 is 0 Å². The lowest BCUT2D eigenvalue weighted by Gasteiger charge is -2.03. The van der Waals surface area contributed by atoms with Gasteiger partial charge in [-0.1, -0.05) is 6.07 Å². The Morgan fingerprint density at radius 2 is 1.86 bits per heavy atom. The second kappa shape index (κ2) is 5.52. The van der Waals surface area contributed by atoms with Gasteiger partial charge in [0.2, 0.25) is 0 Å². The van der Waals surface area contributed by atoms with E-state index in [0.29, 0.717) is 0 Å². The largest absolute Gasteiger partial charge is 0.244 e. The molecule has 4 heterocycles. The molecule has 0 spiro atoms. The van der Waals surface area contributed by atoms with E-state index in [4.69, 9.17) is 0 Å². The van der Waals surface area contributed by atoms with Crippen molar-refractivity contribution < 1.29 is 0 Å². The van der Waals surface area contributed by atoms with Crippen molar-refractivity contribution in [3.8, 4) is 31.5 Å². The lowest BCUT2D eigenvalue weighted by molar-refractivity contribution is 1.18. The zero-order valence-corrected chi connectivity index (χ0v) is 13.3. The summed E-state index contributed by atoms with van der Waals surface area (Å²) in [5, 5.41) is 6.32. The number of nitrogens with zero attached hydrogens (tertiary/aromatic N) is 2. The first kappa shape index (κ1) is 12.9. The molecule has 0 saturated carbocycles. The van der Waals surface area contributed by atoms with Crippen molar-refractivity contribution in [2.45, 2.75) is 0 Å². The first-order valence-electron chi connectivity index (χ1n) is 6.38. The quantitative estimate of drug-likeness (QED) is 0.485. The van der Waals surface area contributed by atoms with Gasteiger partial charge in [-0.2, -0.15) is 11.3 Å². The Morgan fingerprint density at radius 1 is 0.905 bits per heavy atom. The number of hydrogen-bond donors (Lipinski definition) is 0. The highest BCUT2D eigenvalue weighted by Gasteiger charge is 2.12. The third-order valence-electron chi connectivity index (χ3n) is 3.15. The second-order valence-electron chi connectivity index (χ2n) is 4.44. The minimum atomic E-state index is 1.01. The Bertz CT molecular complexity index is 845. The van der Waals surface area contributed by atoms with Gasteiger partial charge < -0.3 is 0 Å². The summed E-state index contributed by atoms with van der Waals surface area (Å²) < 4.78 is 0. The molecule has 0 aliphatic rings. The van der Waals surface area contributed by atoms with Gasteiger partial charge in [0.25, 0.3) is 0 Å². The van der Waals surface area contributed by atoms with Crippen LogP contribution in [0.15, 0.2) is 59.0 Å². The molecule has 0 radical (unpaired) electrons. The molecule has 2 nitrogen and oxygen atoms in total. The Labute approximate surface area is 134 Å². The first-order valence-corrected chi connectivity index (χ1v) is 9.02. The van der Waals surface area contributed by atoms with Gasteiger partial charge in [0.1, 0.15) is 6.33 Å². The summed E-state index contributed by atoms with van der Waals surface area (Å²) in [6.07, 6.45) is 3.52. The summed E-state index contributed by atoms with van der Waals surface area (Å²) in [5.74, 6) is 0. The van der Waals surface area contributed by atoms with Crippen molar-refractivity contribution in [2.24, 2.45) is 0 Å². The molecule has 0 unspecified atom stereocenters. The van der Waals surface area contributed by atoms with Crippen LogP contribution < -0.4 is 0 Å². The molecule has 0 fully saturated rings. The maximum atomic E-state index is 4.51. The molecule has 102 valence electrons. The van der Waals surface area contributed by atoms with Crippen LogP contribution in [0.2, 0.25) is 0 Å². The van der Waals surface area contributed by atoms with Crippen LogP contribution in [-0.4, -0.2) is 9.97 Å². The fraction of sp³-hybridized carbons (Fsp3) is 0. The first-order chi connectivity index (χ1) is 10.4. The lowest BCUT2D eigenvalue weighted by Crippen LogP contribution is -1.87. The zero-order valence-electron chi connectivity index (χ0n) is 10.9. The maximum absolute atomic E-state index is 4.51. The van der Waals surface area contributed by atoms with Crippen LogP contribution in [0.1, 0.15) is 0 Å². The van der Waals surface area contributed by atoms with Crippen LogP contribution in [0, 0.1) is 0 Å². The van der Waals surface area contributed by atoms with Gasteiger partial charge in [-0.3, -0.25) is 0 Å². The molecule has 0 aliphatic heterocycles. The number of thiophene rings is 3. The highest BCUT2D eigenvalue weighted by atomic mass is 32.1. The Balaban J connectivity index is 1.81. The van der Waals surface area contributed by atoms with Crippen LogP contribution >= 0.6 is 34.0 Å². The van der Waals surface area contributed by atoms with E-state index in [1.807, 2.05) is 6.20 Å². The van der Waals surface area contributed by atoms with E-state index in [1.165, 1.54) is 20.2 Å². The van der Waals surface area contributed by atoms with Crippen molar-refractivity contribution in [1.29, 1.82) is 0 Å². The van der Waals surface area contributed by atoms with E-state index in [9.17, 15) is 0 Å². The predicted octanol–water partition coefficient (Wildman–Crippen LogP) is 5.66. The average molecular weight is 326 g/mol. The van der Waals surface area contributed by atoms with Gasteiger partial charge in [0, 0.05) is 21.5 Å². The second-order valence-corrected chi connectivity index (χ2v) is 7.25. The molecule has 0 bridgehead atoms. The number of hydrogen-bond acceptors (Lipinski definition) is 5. The average Bonchev–Trinajstić information content (AvgIpc) is 3.27. The van der Waals surface area contributed by atoms with Crippen LogP contribution in [0.25, 0.3) is 31.5 Å². The normalized spacial score (nSPS) is 10.9. The van der Waals surface area contributed by atoms with Crippen molar-refractivity contribution in [1.82, 2.24) is 9.97 Å². The minimum Gasteiger partial charge on any atom is -0.244 e. The molecule has 0 atom stereocenters. The van der Waals surface area contributed by atoms with E-state index >= 15 is 0 Å². The monoisotopic (exact) mass is 326 g/mol. The Morgan fingerprint density at radius 3 is 2.67 bits per heavy atom. The molecule has 4 rings (SSSR count). The fourth-order valence-electron chi connectivity index (χ4n) is 2.17. The lowest BCUT2D eigenvalue weighted by atomic mass is 10.1. The highest BCUT2D eigenvalue weighted by Crippen LogP contribution is 2.39. The summed E-state index contributed by atoms with van der Waals surface area (Å²) in [5.41, 5.74) is 3.29. The topological polar surface area (TPSA) is 25.8 Å². The maximum Gasteiger partial charge on any atom is 0.116 e. The molecule has 0 N–H and O–H groups in total. The van der Waals surface area contributed by atoms with Crippen molar-refractivity contribution in [2.75, 3.05) is 0 Å². The molecule has 0 aliphatic carbocycles. The van der Waals surface area contributed by atoms with Crippen molar-refractivity contribution in [3.05, 3.63) is 59.0 Å². The molecule has 4 aromatic rings. The van der Waals surface area contributed by atoms with E-state index in [2.05, 4.69) is 56.4 Å². The SMILES string of the molecule is c1csc(-c2ccc(-c3ncncc3-c3ccsc3)s2)c1. The third-order valence-corrected chi connectivity index (χ3v) is 5.99. The summed E-state index contributed by atoms with van der Waals surface area (Å²) in [4.78, 5) is 12.5. The number of rotatable bonds is 3. The summed E-state index contributed by atoms with van der Waals surface area (Å²) in [7, 11) is 0. The summed E-state index contributed by atoms with van der Waals surface area (Å²) in [6, 6.07) is 10.7. The van der Waals surface area contributed by atoms with Crippen LogP contribution in [-0.2, 0) is 0 Å². The third kappa shape index (κ3) is 2.44. The summed E-state index contributed by atoms with van der Waals surface area (Å²) in [6.45, 7) is 0. The molecule has 0 amide bonds. The molecule has 5 heteroatoms. The molecule has 0 saturated heterocycles. The van der Waals surface area contributed by atoms with E-state index in [-0.39, 0.29) is 0 Å². The molecule has 4 aromatic heterocycles. The highest BCUT2D eigenvalue weighted by molar-refractivity contribution is 7.23. The van der Waals surface area contributed by atoms with Gasteiger partial charge in [0.05, 0.1) is 10.6 Å². The predicted molar refractivity (Wildman–Crippen MR) is 92.0 cm³/mol. The Kier molecular flexibility index (Phi) is 3.39. The van der Waals surface area contributed by atoms with Gasteiger partial charge in [-0.15, -0.1) is 22.7 Å². The van der Waals surface area contributed by atoms with Gasteiger partial charge >= 0.3 is 0 Å². The van der Waals surface area contributed by atoms with E-state index in [1.54, 1.807) is 40.3 Å². The molecule has 0 aromatic carbocycles. The van der Waals surface area contributed by atoms with Gasteiger partial charge in [0.15, 0.2) is 0 Å². The summed E-state index contributed by atoms with van der Waals surface area (Å²) >= 11 is 5.24.